The van der Waals surface area contributed by atoms with Crippen LogP contribution in [0.15, 0.2) is 18.7 Å². The van der Waals surface area contributed by atoms with Crippen molar-refractivity contribution < 1.29 is 44.7 Å². The van der Waals surface area contributed by atoms with Crippen molar-refractivity contribution in [3.05, 3.63) is 18.7 Å². The summed E-state index contributed by atoms with van der Waals surface area (Å²) in [6.07, 6.45) is 8.63. The average Bonchev–Trinajstić information content (AvgIpc) is 3.04. The van der Waals surface area contributed by atoms with Crippen molar-refractivity contribution in [3.8, 4) is 0 Å². The topological polar surface area (TPSA) is 66.0 Å². The summed E-state index contributed by atoms with van der Waals surface area (Å²) < 4.78 is 25.8. The van der Waals surface area contributed by atoms with Crippen molar-refractivity contribution >= 4 is 8.80 Å². The molecule has 0 aromatic carbocycles. The Morgan fingerprint density at radius 1 is 1.16 bits per heavy atom. The summed E-state index contributed by atoms with van der Waals surface area (Å²) in [4.78, 5) is 0. The first-order chi connectivity index (χ1) is 11.6. The first kappa shape index (κ1) is 24.7. The summed E-state index contributed by atoms with van der Waals surface area (Å²) in [6.45, 7) is 4.59. The molecular formula is C16H33BrN2O5Si. The largest absolute Gasteiger partial charge is 1.00 e. The summed E-state index contributed by atoms with van der Waals surface area (Å²) >= 11 is 0. The summed E-state index contributed by atoms with van der Waals surface area (Å²) in [6, 6.07) is 0.696. The van der Waals surface area contributed by atoms with Crippen molar-refractivity contribution in [2.45, 2.75) is 51.4 Å². The van der Waals surface area contributed by atoms with Gasteiger partial charge in [-0.15, -0.1) is 0 Å². The van der Waals surface area contributed by atoms with Gasteiger partial charge >= 0.3 is 8.80 Å². The Hall–Kier alpha value is -0.293. The van der Waals surface area contributed by atoms with Gasteiger partial charge < -0.3 is 40.1 Å². The van der Waals surface area contributed by atoms with Gasteiger partial charge in [0.1, 0.15) is 25.0 Å². The second-order valence-electron chi connectivity index (χ2n) is 5.83. The third kappa shape index (κ3) is 9.27. The second-order valence-corrected chi connectivity index (χ2v) is 8.92. The normalized spacial score (nSPS) is 12.8. The molecule has 1 aromatic heterocycles. The third-order valence-electron chi connectivity index (χ3n) is 3.95. The van der Waals surface area contributed by atoms with Gasteiger partial charge in [0.05, 0.1) is 13.2 Å². The average molecular weight is 441 g/mol. The minimum Gasteiger partial charge on any atom is -1.00 e. The first-order valence-corrected chi connectivity index (χ1v) is 10.5. The van der Waals surface area contributed by atoms with Crippen LogP contribution >= 0.6 is 0 Å². The minimum absolute atomic E-state index is 0. The van der Waals surface area contributed by atoms with Crippen molar-refractivity contribution in [1.82, 2.24) is 4.57 Å². The van der Waals surface area contributed by atoms with Crippen LogP contribution in [0.3, 0.4) is 0 Å². The lowest BCUT2D eigenvalue weighted by atomic mass is 10.3. The molecule has 148 valence electrons. The maximum Gasteiger partial charge on any atom is 0.500 e. The monoisotopic (exact) mass is 440 g/mol. The molecule has 0 fully saturated rings. The van der Waals surface area contributed by atoms with Crippen LogP contribution in [0.25, 0.3) is 0 Å². The summed E-state index contributed by atoms with van der Waals surface area (Å²) in [5.41, 5.74) is 0. The number of imidazole rings is 1. The highest BCUT2D eigenvalue weighted by Crippen LogP contribution is 2.14. The van der Waals surface area contributed by atoms with Crippen LogP contribution in [0.1, 0.15) is 26.2 Å². The molecule has 1 aromatic rings. The number of hydrogen-bond donors (Lipinski definition) is 1. The number of aryl methyl sites for hydroxylation is 1. The zero-order chi connectivity index (χ0) is 17.8. The third-order valence-corrected chi connectivity index (χ3v) is 6.78. The fourth-order valence-electron chi connectivity index (χ4n) is 2.48. The van der Waals surface area contributed by atoms with Gasteiger partial charge in [-0.3, -0.25) is 0 Å². The number of unbranched alkanes of at least 4 members (excludes halogenated alkanes) is 1. The fraction of sp³-hybridized carbons (Fsp3) is 0.812. The molecule has 0 spiro atoms. The van der Waals surface area contributed by atoms with Gasteiger partial charge in [-0.05, 0) is 12.8 Å². The van der Waals surface area contributed by atoms with E-state index in [4.69, 9.17) is 18.0 Å². The van der Waals surface area contributed by atoms with E-state index in [0.29, 0.717) is 25.8 Å². The van der Waals surface area contributed by atoms with Crippen LogP contribution in [0.5, 0.6) is 0 Å². The zero-order valence-corrected chi connectivity index (χ0v) is 18.4. The number of aliphatic hydroxyl groups is 1. The highest BCUT2D eigenvalue weighted by molar-refractivity contribution is 6.60. The number of ether oxygens (including phenoxy) is 1. The van der Waals surface area contributed by atoms with E-state index in [2.05, 4.69) is 11.5 Å². The summed E-state index contributed by atoms with van der Waals surface area (Å²) in [5.74, 6) is 0. The van der Waals surface area contributed by atoms with E-state index in [1.807, 2.05) is 23.3 Å². The van der Waals surface area contributed by atoms with Crippen molar-refractivity contribution in [2.24, 2.45) is 0 Å². The van der Waals surface area contributed by atoms with E-state index in [-0.39, 0.29) is 17.0 Å². The molecule has 25 heavy (non-hydrogen) atoms. The number of aliphatic hydroxyl groups excluding tert-OH is 1. The highest BCUT2D eigenvalue weighted by Gasteiger charge is 2.36. The number of rotatable bonds is 14. The Labute approximate surface area is 163 Å². The number of nitrogens with zero attached hydrogens (tertiary/aromatic N) is 2. The predicted octanol–water partition coefficient (Wildman–Crippen LogP) is -1.77. The van der Waals surface area contributed by atoms with Crippen LogP contribution in [0.2, 0.25) is 6.04 Å². The van der Waals surface area contributed by atoms with Gasteiger partial charge in [0.25, 0.3) is 0 Å². The van der Waals surface area contributed by atoms with Crippen LogP contribution in [0.4, 0.5) is 0 Å². The molecular weight excluding hydrogens is 408 g/mol. The maximum absolute atomic E-state index is 10.1. The Bertz CT molecular complexity index is 438. The van der Waals surface area contributed by atoms with Gasteiger partial charge in [0.15, 0.2) is 0 Å². The second kappa shape index (κ2) is 13.9. The molecule has 1 atom stereocenters. The van der Waals surface area contributed by atoms with E-state index in [0.717, 1.165) is 19.4 Å². The Balaban J connectivity index is 0.00000576. The van der Waals surface area contributed by atoms with Crippen LogP contribution < -0.4 is 21.5 Å². The highest BCUT2D eigenvalue weighted by atomic mass is 79.9. The Morgan fingerprint density at radius 2 is 1.84 bits per heavy atom. The molecule has 0 saturated heterocycles. The van der Waals surface area contributed by atoms with E-state index in [9.17, 15) is 5.11 Å². The van der Waals surface area contributed by atoms with Gasteiger partial charge in [-0.1, -0.05) is 13.3 Å². The molecule has 1 heterocycles. The predicted molar refractivity (Wildman–Crippen MR) is 92.6 cm³/mol. The molecule has 9 heteroatoms. The lowest BCUT2D eigenvalue weighted by molar-refractivity contribution is -0.703. The minimum atomic E-state index is -2.51. The summed E-state index contributed by atoms with van der Waals surface area (Å²) in [7, 11) is 2.30. The Kier molecular flexibility index (Phi) is 13.7. The van der Waals surface area contributed by atoms with Crippen LogP contribution in [-0.2, 0) is 31.1 Å². The molecule has 1 unspecified atom stereocenters. The molecule has 1 rings (SSSR count). The quantitative estimate of drug-likeness (QED) is 0.210. The fourth-order valence-corrected chi connectivity index (χ4v) is 4.17. The van der Waals surface area contributed by atoms with Gasteiger partial charge in [0, 0.05) is 34.0 Å². The molecule has 0 bridgehead atoms. The van der Waals surface area contributed by atoms with Crippen LogP contribution in [0, 0.1) is 0 Å². The van der Waals surface area contributed by atoms with E-state index in [1.165, 1.54) is 6.42 Å². The van der Waals surface area contributed by atoms with Crippen LogP contribution in [-0.4, -0.2) is 59.1 Å². The molecule has 0 aliphatic rings. The standard InChI is InChI=1S/C16H33N2O5Si.BrH/c1-5-6-8-17-9-10-18(15-17)13-16(19)14-23-11-7-12-24(20-2,21-3)22-4;/h9-10,15-16,19H,5-8,11-14H2,1-4H3;1H/q+1;/p-1. The summed E-state index contributed by atoms with van der Waals surface area (Å²) in [5, 5.41) is 10.1. The van der Waals surface area contributed by atoms with Crippen molar-refractivity contribution in [3.63, 3.8) is 0 Å². The lowest BCUT2D eigenvalue weighted by Gasteiger charge is -2.24. The SMILES string of the molecule is CCCCn1cc[n+](CC(O)COCCC[Si](OC)(OC)OC)c1.[Br-]. The lowest BCUT2D eigenvalue weighted by Crippen LogP contribution is -3.00. The molecule has 0 aliphatic heterocycles. The molecule has 0 radical (unpaired) electrons. The molecule has 1 N–H and O–H groups in total. The van der Waals surface area contributed by atoms with E-state index < -0.39 is 14.9 Å². The van der Waals surface area contributed by atoms with Crippen molar-refractivity contribution in [1.29, 1.82) is 0 Å². The first-order valence-electron chi connectivity index (χ1n) is 8.55. The zero-order valence-electron chi connectivity index (χ0n) is 15.8. The van der Waals surface area contributed by atoms with E-state index >= 15 is 0 Å². The van der Waals surface area contributed by atoms with E-state index in [1.54, 1.807) is 21.3 Å². The van der Waals surface area contributed by atoms with Gasteiger partial charge in [0.2, 0.25) is 6.33 Å². The number of halogens is 1. The molecule has 7 nitrogen and oxygen atoms in total. The number of aromatic nitrogens is 2. The molecule has 0 saturated carbocycles. The smallest absolute Gasteiger partial charge is 0.500 e. The molecule has 0 aliphatic carbocycles. The maximum atomic E-state index is 10.1. The van der Waals surface area contributed by atoms with Crippen molar-refractivity contribution in [2.75, 3.05) is 34.5 Å². The van der Waals surface area contributed by atoms with Gasteiger partial charge in [-0.25, -0.2) is 9.13 Å². The molecule has 0 amide bonds. The Morgan fingerprint density at radius 3 is 2.44 bits per heavy atom. The van der Waals surface area contributed by atoms with Gasteiger partial charge in [-0.2, -0.15) is 0 Å². The number of hydrogen-bond acceptors (Lipinski definition) is 5.